The van der Waals surface area contributed by atoms with Crippen LogP contribution in [0.5, 0.6) is 0 Å². The molecule has 15 heavy (non-hydrogen) atoms. The Hall–Kier alpha value is -1.31. The van der Waals surface area contributed by atoms with Crippen molar-refractivity contribution in [2.75, 3.05) is 0 Å². The second kappa shape index (κ2) is 4.47. The van der Waals surface area contributed by atoms with Crippen molar-refractivity contribution in [2.45, 2.75) is 38.6 Å². The van der Waals surface area contributed by atoms with E-state index in [-0.39, 0.29) is 6.04 Å². The summed E-state index contributed by atoms with van der Waals surface area (Å²) in [4.78, 5) is 4.57. The topological polar surface area (TPSA) is 38.4 Å². The molecule has 80 valence electrons. The third kappa shape index (κ3) is 2.58. The molecular formula is C13H18N2. The van der Waals surface area contributed by atoms with Gasteiger partial charge in [-0.3, -0.25) is 4.99 Å². The first kappa shape index (κ1) is 10.2. The highest BCUT2D eigenvalue weighted by Gasteiger charge is 2.13. The molecule has 0 spiro atoms. The lowest BCUT2D eigenvalue weighted by molar-refractivity contribution is 0.618. The first-order chi connectivity index (χ1) is 7.25. The first-order valence-corrected chi connectivity index (χ1v) is 5.64. The van der Waals surface area contributed by atoms with Crippen molar-refractivity contribution >= 4 is 5.84 Å². The molecule has 1 atom stereocenters. The minimum absolute atomic E-state index is 0.285. The number of amidine groups is 1. The smallest absolute Gasteiger partial charge is 0.0944 e. The third-order valence-electron chi connectivity index (χ3n) is 2.94. The molecule has 0 bridgehead atoms. The summed E-state index contributed by atoms with van der Waals surface area (Å²) in [5, 5.41) is 0. The highest BCUT2D eigenvalue weighted by molar-refractivity contribution is 5.80. The molecular weight excluding hydrogens is 184 g/mol. The number of aliphatic imine (C=N–C) groups is 1. The van der Waals surface area contributed by atoms with E-state index in [1.54, 1.807) is 0 Å². The molecule has 1 heterocycles. The van der Waals surface area contributed by atoms with Crippen molar-refractivity contribution in [3.8, 4) is 0 Å². The van der Waals surface area contributed by atoms with E-state index < -0.39 is 0 Å². The fourth-order valence-corrected chi connectivity index (χ4v) is 2.00. The Labute approximate surface area is 91.2 Å². The van der Waals surface area contributed by atoms with Gasteiger partial charge in [0.15, 0.2) is 0 Å². The maximum absolute atomic E-state index is 5.84. The standard InChI is InChI=1S/C13H18N2/c1-10-6-8-11(9-7-10)12-4-2-3-5-13(14)15-12/h6-9,12H,2-5H2,1H3,(H2,14,15). The fourth-order valence-electron chi connectivity index (χ4n) is 2.00. The van der Waals surface area contributed by atoms with Gasteiger partial charge in [-0.15, -0.1) is 0 Å². The first-order valence-electron chi connectivity index (χ1n) is 5.64. The summed E-state index contributed by atoms with van der Waals surface area (Å²) in [5.74, 6) is 0.818. The van der Waals surface area contributed by atoms with Crippen molar-refractivity contribution in [2.24, 2.45) is 10.7 Å². The van der Waals surface area contributed by atoms with E-state index >= 15 is 0 Å². The number of aryl methyl sites for hydroxylation is 1. The molecule has 2 heteroatoms. The van der Waals surface area contributed by atoms with Crippen molar-refractivity contribution < 1.29 is 0 Å². The van der Waals surface area contributed by atoms with Gasteiger partial charge in [-0.2, -0.15) is 0 Å². The molecule has 0 aromatic heterocycles. The molecule has 2 N–H and O–H groups in total. The Morgan fingerprint density at radius 3 is 2.67 bits per heavy atom. The molecule has 1 aromatic rings. The summed E-state index contributed by atoms with van der Waals surface area (Å²) in [6, 6.07) is 8.91. The average Bonchev–Trinajstić information content (AvgIpc) is 2.44. The van der Waals surface area contributed by atoms with E-state index in [9.17, 15) is 0 Å². The highest BCUT2D eigenvalue weighted by Crippen LogP contribution is 2.26. The predicted octanol–water partition coefficient (Wildman–Crippen LogP) is 2.97. The van der Waals surface area contributed by atoms with Crippen LogP contribution in [0.3, 0.4) is 0 Å². The lowest BCUT2D eigenvalue weighted by Gasteiger charge is -2.11. The van der Waals surface area contributed by atoms with E-state index in [0.29, 0.717) is 0 Å². The van der Waals surface area contributed by atoms with Crippen LogP contribution >= 0.6 is 0 Å². The minimum atomic E-state index is 0.285. The van der Waals surface area contributed by atoms with E-state index in [1.165, 1.54) is 24.0 Å². The molecule has 0 aliphatic carbocycles. The summed E-state index contributed by atoms with van der Waals surface area (Å²) in [6.45, 7) is 2.11. The van der Waals surface area contributed by atoms with Crippen LogP contribution in [0.15, 0.2) is 29.3 Å². The highest BCUT2D eigenvalue weighted by atomic mass is 14.9. The number of benzene rings is 1. The van der Waals surface area contributed by atoms with Gasteiger partial charge in [0, 0.05) is 6.42 Å². The Morgan fingerprint density at radius 2 is 1.93 bits per heavy atom. The number of hydrogen-bond donors (Lipinski definition) is 1. The number of hydrogen-bond acceptors (Lipinski definition) is 2. The van der Waals surface area contributed by atoms with Crippen molar-refractivity contribution in [1.82, 2.24) is 0 Å². The van der Waals surface area contributed by atoms with Crippen LogP contribution in [0.25, 0.3) is 0 Å². The van der Waals surface area contributed by atoms with Crippen LogP contribution in [0, 0.1) is 6.92 Å². The van der Waals surface area contributed by atoms with Crippen molar-refractivity contribution in [3.05, 3.63) is 35.4 Å². The summed E-state index contributed by atoms with van der Waals surface area (Å²) < 4.78 is 0. The van der Waals surface area contributed by atoms with E-state index in [4.69, 9.17) is 5.73 Å². The summed E-state index contributed by atoms with van der Waals surface area (Å²) in [6.07, 6.45) is 4.49. The minimum Gasteiger partial charge on any atom is -0.387 e. The van der Waals surface area contributed by atoms with Gasteiger partial charge in [0.2, 0.25) is 0 Å². The van der Waals surface area contributed by atoms with Gasteiger partial charge in [-0.1, -0.05) is 36.2 Å². The lowest BCUT2D eigenvalue weighted by atomic mass is 10.0. The van der Waals surface area contributed by atoms with Crippen molar-refractivity contribution in [1.29, 1.82) is 0 Å². The van der Waals surface area contributed by atoms with Gasteiger partial charge in [0.25, 0.3) is 0 Å². The SMILES string of the molecule is Cc1ccc(C2CCCCC(N)=N2)cc1. The van der Waals surface area contributed by atoms with Crippen LogP contribution in [-0.2, 0) is 0 Å². The average molecular weight is 202 g/mol. The van der Waals surface area contributed by atoms with E-state index in [1.807, 2.05) is 0 Å². The molecule has 2 rings (SSSR count). The number of rotatable bonds is 1. The van der Waals surface area contributed by atoms with Crippen molar-refractivity contribution in [3.63, 3.8) is 0 Å². The van der Waals surface area contributed by atoms with Gasteiger partial charge in [0.05, 0.1) is 11.9 Å². The van der Waals surface area contributed by atoms with Gasteiger partial charge >= 0.3 is 0 Å². The Morgan fingerprint density at radius 1 is 1.20 bits per heavy atom. The zero-order valence-electron chi connectivity index (χ0n) is 9.24. The van der Waals surface area contributed by atoms with E-state index in [2.05, 4.69) is 36.2 Å². The van der Waals surface area contributed by atoms with Gasteiger partial charge in [-0.25, -0.2) is 0 Å². The van der Waals surface area contributed by atoms with Crippen LogP contribution in [-0.4, -0.2) is 5.84 Å². The third-order valence-corrected chi connectivity index (χ3v) is 2.94. The molecule has 1 unspecified atom stereocenters. The Bertz CT molecular complexity index is 351. The molecule has 0 fully saturated rings. The molecule has 0 saturated carbocycles. The molecule has 1 aromatic carbocycles. The maximum Gasteiger partial charge on any atom is 0.0944 e. The Balaban J connectivity index is 2.21. The quantitative estimate of drug-likeness (QED) is 0.747. The van der Waals surface area contributed by atoms with Gasteiger partial charge in [-0.05, 0) is 25.3 Å². The second-order valence-electron chi connectivity index (χ2n) is 4.29. The molecule has 1 aliphatic rings. The normalized spacial score (nSPS) is 21.9. The molecule has 0 saturated heterocycles. The molecule has 0 radical (unpaired) electrons. The van der Waals surface area contributed by atoms with Gasteiger partial charge in [0.1, 0.15) is 0 Å². The summed E-state index contributed by atoms with van der Waals surface area (Å²) in [5.41, 5.74) is 8.43. The number of nitrogens with two attached hydrogens (primary N) is 1. The van der Waals surface area contributed by atoms with Crippen LogP contribution in [0.2, 0.25) is 0 Å². The molecule has 1 aliphatic heterocycles. The largest absolute Gasteiger partial charge is 0.387 e. The lowest BCUT2D eigenvalue weighted by Crippen LogP contribution is -2.11. The summed E-state index contributed by atoms with van der Waals surface area (Å²) >= 11 is 0. The Kier molecular flexibility index (Phi) is 3.05. The molecule has 2 nitrogen and oxygen atoms in total. The fraction of sp³-hybridized carbons (Fsp3) is 0.462. The van der Waals surface area contributed by atoms with Gasteiger partial charge < -0.3 is 5.73 Å². The zero-order valence-corrected chi connectivity index (χ0v) is 9.24. The predicted molar refractivity (Wildman–Crippen MR) is 64.0 cm³/mol. The monoisotopic (exact) mass is 202 g/mol. The number of nitrogens with zero attached hydrogens (tertiary/aromatic N) is 1. The second-order valence-corrected chi connectivity index (χ2v) is 4.29. The van der Waals surface area contributed by atoms with Crippen LogP contribution in [0.1, 0.15) is 42.9 Å². The molecule has 0 amide bonds. The van der Waals surface area contributed by atoms with Crippen LogP contribution in [0.4, 0.5) is 0 Å². The summed E-state index contributed by atoms with van der Waals surface area (Å²) in [7, 11) is 0. The van der Waals surface area contributed by atoms with Crippen LogP contribution < -0.4 is 5.73 Å². The van der Waals surface area contributed by atoms with E-state index in [0.717, 1.165) is 18.7 Å². The zero-order chi connectivity index (χ0) is 10.7. The maximum atomic E-state index is 5.84.